The van der Waals surface area contributed by atoms with Gasteiger partial charge in [0.2, 0.25) is 11.7 Å². The van der Waals surface area contributed by atoms with Gasteiger partial charge < -0.3 is 26.4 Å². The fourth-order valence-corrected chi connectivity index (χ4v) is 2.63. The Hall–Kier alpha value is -2.16. The first-order valence-corrected chi connectivity index (χ1v) is 8.25. The summed E-state index contributed by atoms with van der Waals surface area (Å²) in [4.78, 5) is 47.1. The van der Waals surface area contributed by atoms with E-state index < -0.39 is 41.9 Å². The van der Waals surface area contributed by atoms with Crippen molar-refractivity contribution < 1.29 is 23.9 Å². The van der Waals surface area contributed by atoms with Crippen LogP contribution in [0.4, 0.5) is 4.79 Å². The first-order valence-electron chi connectivity index (χ1n) is 8.25. The molecule has 0 radical (unpaired) electrons. The summed E-state index contributed by atoms with van der Waals surface area (Å²) in [5.41, 5.74) is 4.95. The van der Waals surface area contributed by atoms with Crippen LogP contribution in [0.3, 0.4) is 0 Å². The molecule has 1 aliphatic carbocycles. The predicted octanol–water partition coefficient (Wildman–Crippen LogP) is -1.06. The van der Waals surface area contributed by atoms with Gasteiger partial charge in [-0.2, -0.15) is 0 Å². The molecule has 1 saturated carbocycles. The van der Waals surface area contributed by atoms with Gasteiger partial charge in [0.25, 0.3) is 5.91 Å². The number of rotatable bonds is 8. The van der Waals surface area contributed by atoms with E-state index in [-0.39, 0.29) is 12.5 Å². The van der Waals surface area contributed by atoms with Crippen molar-refractivity contribution in [2.45, 2.75) is 63.3 Å². The van der Waals surface area contributed by atoms with Crippen LogP contribution in [-0.2, 0) is 19.1 Å². The summed E-state index contributed by atoms with van der Waals surface area (Å²) in [5, 5.41) is 8.17. The third kappa shape index (κ3) is 5.19. The first-order chi connectivity index (χ1) is 11.4. The van der Waals surface area contributed by atoms with E-state index in [9.17, 15) is 19.2 Å². The first kappa shape index (κ1) is 18.2. The van der Waals surface area contributed by atoms with Crippen molar-refractivity contribution in [3.8, 4) is 0 Å². The highest BCUT2D eigenvalue weighted by atomic mass is 16.6. The zero-order chi connectivity index (χ0) is 17.7. The maximum absolute atomic E-state index is 12.3. The van der Waals surface area contributed by atoms with Gasteiger partial charge in [0, 0.05) is 19.0 Å². The number of nitrogens with one attached hydrogen (secondary N) is 3. The molecule has 0 spiro atoms. The second-order valence-electron chi connectivity index (χ2n) is 6.22. The molecule has 9 nitrogen and oxygen atoms in total. The number of ketones is 1. The lowest BCUT2D eigenvalue weighted by molar-refractivity contribution is -0.140. The highest BCUT2D eigenvalue weighted by molar-refractivity contribution is 6.38. The van der Waals surface area contributed by atoms with Crippen LogP contribution in [0.5, 0.6) is 0 Å². The summed E-state index contributed by atoms with van der Waals surface area (Å²) in [6.45, 7) is 2.19. The monoisotopic (exact) mass is 340 g/mol. The lowest BCUT2D eigenvalue weighted by atomic mass is 10.1. The lowest BCUT2D eigenvalue weighted by Crippen LogP contribution is -2.51. The third-order valence-electron chi connectivity index (χ3n) is 4.04. The maximum Gasteiger partial charge on any atom is 0.404 e. The molecule has 1 aliphatic heterocycles. The van der Waals surface area contributed by atoms with Gasteiger partial charge in [-0.05, 0) is 19.3 Å². The van der Waals surface area contributed by atoms with Crippen LogP contribution in [0.25, 0.3) is 0 Å². The van der Waals surface area contributed by atoms with Gasteiger partial charge in [-0.1, -0.05) is 13.3 Å². The van der Waals surface area contributed by atoms with E-state index in [4.69, 9.17) is 10.5 Å². The highest BCUT2D eigenvalue weighted by Crippen LogP contribution is 2.18. The number of Topliss-reactive ketones (excluding diaryl/α,β-unsaturated/α-hetero) is 1. The normalized spacial score (nSPS) is 24.0. The summed E-state index contributed by atoms with van der Waals surface area (Å²) >= 11 is 0. The summed E-state index contributed by atoms with van der Waals surface area (Å²) in [7, 11) is 0. The number of hydrogen-bond donors (Lipinski definition) is 4. The summed E-state index contributed by atoms with van der Waals surface area (Å²) in [5.74, 6) is -1.66. The average molecular weight is 340 g/mol. The van der Waals surface area contributed by atoms with Crippen LogP contribution in [0.2, 0.25) is 0 Å². The second-order valence-corrected chi connectivity index (χ2v) is 6.22. The second kappa shape index (κ2) is 8.09. The number of primary amides is 1. The number of carbonyl (C=O) groups excluding carboxylic acids is 4. The van der Waals surface area contributed by atoms with Crippen molar-refractivity contribution in [3.63, 3.8) is 0 Å². The van der Waals surface area contributed by atoms with E-state index in [1.807, 2.05) is 6.92 Å². The molecule has 134 valence electrons. The van der Waals surface area contributed by atoms with Crippen LogP contribution in [0, 0.1) is 0 Å². The Labute approximate surface area is 140 Å². The van der Waals surface area contributed by atoms with Gasteiger partial charge >= 0.3 is 6.09 Å². The molecule has 2 rings (SSSR count). The van der Waals surface area contributed by atoms with Crippen molar-refractivity contribution in [2.75, 3.05) is 6.54 Å². The molecular formula is C15H24N4O5. The minimum absolute atomic E-state index is 0.0858. The summed E-state index contributed by atoms with van der Waals surface area (Å²) in [6.07, 6.45) is 1.72. The van der Waals surface area contributed by atoms with Gasteiger partial charge in [0.15, 0.2) is 0 Å². The Morgan fingerprint density at radius 3 is 2.58 bits per heavy atom. The van der Waals surface area contributed by atoms with Gasteiger partial charge in [-0.15, -0.1) is 0 Å². The number of amides is 3. The standard InChI is InChI=1S/C15H24N4O5/c1-2-3-10(12(20)14(22)18-8-4-5-8)19-13(21)11-6-9(7-17-11)24-15(16)23/h8-11,17H,2-7H2,1H3,(H2,16,23)(H,18,22)(H,19,21)/t9-,10+,11+/m1/s1. The Morgan fingerprint density at radius 2 is 2.00 bits per heavy atom. The number of nitrogens with two attached hydrogens (primary N) is 1. The van der Waals surface area contributed by atoms with Crippen LogP contribution in [0.1, 0.15) is 39.0 Å². The largest absolute Gasteiger partial charge is 0.445 e. The molecule has 0 aromatic carbocycles. The molecule has 1 saturated heterocycles. The van der Waals surface area contributed by atoms with Crippen molar-refractivity contribution in [1.82, 2.24) is 16.0 Å². The molecule has 0 aromatic heterocycles. The number of carbonyl (C=O) groups is 4. The van der Waals surface area contributed by atoms with E-state index in [1.165, 1.54) is 0 Å². The van der Waals surface area contributed by atoms with Crippen molar-refractivity contribution in [2.24, 2.45) is 5.73 Å². The summed E-state index contributed by atoms with van der Waals surface area (Å²) in [6, 6.07) is -1.35. The highest BCUT2D eigenvalue weighted by Gasteiger charge is 2.35. The molecule has 9 heteroatoms. The zero-order valence-corrected chi connectivity index (χ0v) is 13.7. The Bertz CT molecular complexity index is 520. The SMILES string of the molecule is CCC[C@H](NC(=O)[C@@H]1C[C@@H](OC(N)=O)CN1)C(=O)C(=O)NC1CC1. The predicted molar refractivity (Wildman–Crippen MR) is 83.9 cm³/mol. The Morgan fingerprint density at radius 1 is 1.29 bits per heavy atom. The van der Waals surface area contributed by atoms with Crippen molar-refractivity contribution in [1.29, 1.82) is 0 Å². The topological polar surface area (TPSA) is 140 Å². The van der Waals surface area contributed by atoms with E-state index in [1.54, 1.807) is 0 Å². The number of ether oxygens (including phenoxy) is 1. The average Bonchev–Trinajstić information content (AvgIpc) is 3.21. The molecule has 5 N–H and O–H groups in total. The Balaban J connectivity index is 1.87. The van der Waals surface area contributed by atoms with Gasteiger partial charge in [-0.3, -0.25) is 14.4 Å². The van der Waals surface area contributed by atoms with E-state index in [0.717, 1.165) is 12.8 Å². The van der Waals surface area contributed by atoms with E-state index >= 15 is 0 Å². The van der Waals surface area contributed by atoms with Crippen molar-refractivity contribution >= 4 is 23.7 Å². The number of hydrogen-bond acceptors (Lipinski definition) is 6. The van der Waals surface area contributed by atoms with Crippen LogP contribution in [-0.4, -0.2) is 54.5 Å². The molecule has 1 heterocycles. The molecule has 0 aromatic rings. The van der Waals surface area contributed by atoms with Crippen LogP contribution in [0.15, 0.2) is 0 Å². The molecule has 3 atom stereocenters. The third-order valence-corrected chi connectivity index (χ3v) is 4.04. The Kier molecular flexibility index (Phi) is 6.13. The molecule has 2 fully saturated rings. The van der Waals surface area contributed by atoms with E-state index in [0.29, 0.717) is 19.4 Å². The van der Waals surface area contributed by atoms with Gasteiger partial charge in [-0.25, -0.2) is 4.79 Å². The maximum atomic E-state index is 12.3. The molecular weight excluding hydrogens is 316 g/mol. The molecule has 0 unspecified atom stereocenters. The van der Waals surface area contributed by atoms with Gasteiger partial charge in [0.05, 0.1) is 12.1 Å². The minimum atomic E-state index is -0.890. The molecule has 24 heavy (non-hydrogen) atoms. The van der Waals surface area contributed by atoms with E-state index in [2.05, 4.69) is 16.0 Å². The molecule has 2 aliphatic rings. The van der Waals surface area contributed by atoms with Crippen molar-refractivity contribution in [3.05, 3.63) is 0 Å². The van der Waals surface area contributed by atoms with Crippen LogP contribution < -0.4 is 21.7 Å². The lowest BCUT2D eigenvalue weighted by Gasteiger charge is -2.19. The molecule has 3 amide bonds. The summed E-state index contributed by atoms with van der Waals surface area (Å²) < 4.78 is 4.85. The zero-order valence-electron chi connectivity index (χ0n) is 13.7. The quantitative estimate of drug-likeness (QED) is 0.416. The molecule has 0 bridgehead atoms. The fourth-order valence-electron chi connectivity index (χ4n) is 2.63. The minimum Gasteiger partial charge on any atom is -0.445 e. The fraction of sp³-hybridized carbons (Fsp3) is 0.733. The smallest absolute Gasteiger partial charge is 0.404 e. The van der Waals surface area contributed by atoms with Gasteiger partial charge in [0.1, 0.15) is 6.10 Å². The van der Waals surface area contributed by atoms with Crippen LogP contribution >= 0.6 is 0 Å².